The highest BCUT2D eigenvalue weighted by Crippen LogP contribution is 2.37. The molecule has 1 unspecified atom stereocenters. The van der Waals surface area contributed by atoms with Crippen molar-refractivity contribution in [1.82, 2.24) is 9.88 Å². The second kappa shape index (κ2) is 10.2. The van der Waals surface area contributed by atoms with Gasteiger partial charge in [0, 0.05) is 42.0 Å². The monoisotopic (exact) mass is 442 g/mol. The van der Waals surface area contributed by atoms with Gasteiger partial charge in [-0.1, -0.05) is 80.1 Å². The third-order valence-corrected chi connectivity index (χ3v) is 7.93. The van der Waals surface area contributed by atoms with Gasteiger partial charge < -0.3 is 9.88 Å². The van der Waals surface area contributed by atoms with Crippen LogP contribution in [-0.4, -0.2) is 16.5 Å². The van der Waals surface area contributed by atoms with E-state index in [-0.39, 0.29) is 11.8 Å². The van der Waals surface area contributed by atoms with Gasteiger partial charge in [0.15, 0.2) is 0 Å². The molecule has 0 aliphatic heterocycles. The average molecular weight is 443 g/mol. The Hall–Kier alpha value is -2.55. The summed E-state index contributed by atoms with van der Waals surface area (Å²) in [4.78, 5) is 13.3. The maximum absolute atomic E-state index is 13.3. The Bertz CT molecular complexity index is 1090. The molecule has 2 aromatic carbocycles. The van der Waals surface area contributed by atoms with Crippen LogP contribution in [0.4, 0.5) is 0 Å². The molecule has 1 atom stereocenters. The number of carbonyl (C=O) groups excluding carboxylic acids is 1. The van der Waals surface area contributed by atoms with Crippen molar-refractivity contribution in [3.05, 3.63) is 71.4 Å². The molecule has 1 aromatic heterocycles. The minimum Gasteiger partial charge on any atom is -0.353 e. The van der Waals surface area contributed by atoms with E-state index in [2.05, 4.69) is 71.5 Å². The largest absolute Gasteiger partial charge is 0.353 e. The number of rotatable bonds is 7. The summed E-state index contributed by atoms with van der Waals surface area (Å²) in [7, 11) is 0. The van der Waals surface area contributed by atoms with Crippen molar-refractivity contribution in [2.75, 3.05) is 0 Å². The van der Waals surface area contributed by atoms with E-state index in [0.717, 1.165) is 25.3 Å². The van der Waals surface area contributed by atoms with E-state index in [0.29, 0.717) is 12.5 Å². The van der Waals surface area contributed by atoms with Crippen molar-refractivity contribution < 1.29 is 4.79 Å². The first kappa shape index (κ1) is 22.3. The molecule has 5 rings (SSSR count). The Morgan fingerprint density at radius 3 is 2.52 bits per heavy atom. The third kappa shape index (κ3) is 5.18. The molecule has 3 nitrogen and oxygen atoms in total. The summed E-state index contributed by atoms with van der Waals surface area (Å²) < 4.78 is 2.47. The van der Waals surface area contributed by atoms with Crippen molar-refractivity contribution in [2.45, 2.75) is 89.6 Å². The fraction of sp³-hybridized carbons (Fsp3) is 0.500. The molecule has 0 radical (unpaired) electrons. The minimum atomic E-state index is 0.0724. The summed E-state index contributed by atoms with van der Waals surface area (Å²) in [6, 6.07) is 17.9. The van der Waals surface area contributed by atoms with Crippen LogP contribution in [0, 0.1) is 12.8 Å². The Balaban J connectivity index is 1.48. The second-order valence-electron chi connectivity index (χ2n) is 10.5. The molecule has 3 heteroatoms. The summed E-state index contributed by atoms with van der Waals surface area (Å²) in [5.41, 5.74) is 5.11. The van der Waals surface area contributed by atoms with Crippen LogP contribution in [0.5, 0.6) is 0 Å². The summed E-state index contributed by atoms with van der Waals surface area (Å²) in [5, 5.41) is 4.67. The Kier molecular flexibility index (Phi) is 6.85. The molecule has 1 amide bonds. The fourth-order valence-electron chi connectivity index (χ4n) is 6.19. The first-order valence-corrected chi connectivity index (χ1v) is 13.1. The highest BCUT2D eigenvalue weighted by Gasteiger charge is 2.25. The highest BCUT2D eigenvalue weighted by molar-refractivity contribution is 5.86. The Morgan fingerprint density at radius 1 is 0.970 bits per heavy atom. The average Bonchev–Trinajstić information content (AvgIpc) is 3.47. The van der Waals surface area contributed by atoms with Crippen molar-refractivity contribution in [3.63, 3.8) is 0 Å². The van der Waals surface area contributed by atoms with Gasteiger partial charge in [-0.15, -0.1) is 0 Å². The molecule has 3 aromatic rings. The SMILES string of the molecule is Cc1cccc(C(CC(=O)NC2CCCCC2)c2cn(CC3CCCC3)c3ccccc23)c1. The summed E-state index contributed by atoms with van der Waals surface area (Å²) in [6.07, 6.45) is 14.3. The number of nitrogens with zero attached hydrogens (tertiary/aromatic N) is 1. The lowest BCUT2D eigenvalue weighted by atomic mass is 9.87. The topological polar surface area (TPSA) is 34.0 Å². The molecule has 2 fully saturated rings. The van der Waals surface area contributed by atoms with Gasteiger partial charge >= 0.3 is 0 Å². The molecule has 0 bridgehead atoms. The predicted molar refractivity (Wildman–Crippen MR) is 137 cm³/mol. The van der Waals surface area contributed by atoms with Gasteiger partial charge in [-0.2, -0.15) is 0 Å². The number of aryl methyl sites for hydroxylation is 1. The fourth-order valence-corrected chi connectivity index (χ4v) is 6.19. The highest BCUT2D eigenvalue weighted by atomic mass is 16.1. The van der Waals surface area contributed by atoms with E-state index in [1.807, 2.05) is 0 Å². The maximum atomic E-state index is 13.3. The molecule has 0 spiro atoms. The van der Waals surface area contributed by atoms with E-state index in [4.69, 9.17) is 0 Å². The van der Waals surface area contributed by atoms with Crippen molar-refractivity contribution in [2.24, 2.45) is 5.92 Å². The van der Waals surface area contributed by atoms with Crippen LogP contribution in [0.25, 0.3) is 10.9 Å². The lowest BCUT2D eigenvalue weighted by Gasteiger charge is -2.24. The molecule has 2 saturated carbocycles. The number of benzene rings is 2. The van der Waals surface area contributed by atoms with Gasteiger partial charge in [-0.05, 0) is 55.7 Å². The van der Waals surface area contributed by atoms with Crippen LogP contribution >= 0.6 is 0 Å². The number of nitrogens with one attached hydrogen (secondary N) is 1. The first-order chi connectivity index (χ1) is 16.2. The summed E-state index contributed by atoms with van der Waals surface area (Å²) >= 11 is 0. The molecule has 2 aliphatic carbocycles. The molecular formula is C30H38N2O. The Labute approximate surface area is 198 Å². The standard InChI is InChI=1S/C30H38N2O/c1-22-10-9-13-24(18-22)27(19-30(33)31-25-14-3-2-4-15-25)28-21-32(20-23-11-5-6-12-23)29-17-8-7-16-26(28)29/h7-10,13,16-18,21,23,25,27H,2-6,11-12,14-15,19-20H2,1H3,(H,31,33). The zero-order valence-corrected chi connectivity index (χ0v) is 20.1. The predicted octanol–water partition coefficient (Wildman–Crippen LogP) is 7.11. The van der Waals surface area contributed by atoms with Gasteiger partial charge in [0.2, 0.25) is 5.91 Å². The lowest BCUT2D eigenvalue weighted by molar-refractivity contribution is -0.122. The lowest BCUT2D eigenvalue weighted by Crippen LogP contribution is -2.36. The number of amides is 1. The van der Waals surface area contributed by atoms with Crippen LogP contribution in [0.15, 0.2) is 54.7 Å². The van der Waals surface area contributed by atoms with Crippen molar-refractivity contribution in [1.29, 1.82) is 0 Å². The second-order valence-corrected chi connectivity index (χ2v) is 10.5. The molecule has 1 N–H and O–H groups in total. The van der Waals surface area contributed by atoms with E-state index < -0.39 is 0 Å². The zero-order valence-electron chi connectivity index (χ0n) is 20.1. The van der Waals surface area contributed by atoms with Gasteiger partial charge in [-0.3, -0.25) is 4.79 Å². The van der Waals surface area contributed by atoms with Crippen LogP contribution in [0.1, 0.15) is 86.8 Å². The molecule has 1 heterocycles. The van der Waals surface area contributed by atoms with E-state index in [9.17, 15) is 4.79 Å². The van der Waals surface area contributed by atoms with E-state index >= 15 is 0 Å². The normalized spacial score (nSPS) is 18.6. The van der Waals surface area contributed by atoms with Gasteiger partial charge in [0.25, 0.3) is 0 Å². The number of aromatic nitrogens is 1. The van der Waals surface area contributed by atoms with Crippen molar-refractivity contribution >= 4 is 16.8 Å². The van der Waals surface area contributed by atoms with E-state index in [1.54, 1.807) is 0 Å². The molecule has 0 saturated heterocycles. The van der Waals surface area contributed by atoms with Crippen LogP contribution in [0.3, 0.4) is 0 Å². The quantitative estimate of drug-likeness (QED) is 0.415. The van der Waals surface area contributed by atoms with Crippen LogP contribution < -0.4 is 5.32 Å². The number of hydrogen-bond acceptors (Lipinski definition) is 1. The van der Waals surface area contributed by atoms with Crippen molar-refractivity contribution in [3.8, 4) is 0 Å². The number of carbonyl (C=O) groups is 1. The van der Waals surface area contributed by atoms with Crippen LogP contribution in [0.2, 0.25) is 0 Å². The van der Waals surface area contributed by atoms with Crippen LogP contribution in [-0.2, 0) is 11.3 Å². The number of fused-ring (bicyclic) bond motifs is 1. The molecule has 174 valence electrons. The smallest absolute Gasteiger partial charge is 0.221 e. The molecule has 33 heavy (non-hydrogen) atoms. The van der Waals surface area contributed by atoms with Gasteiger partial charge in [0.1, 0.15) is 0 Å². The number of para-hydroxylation sites is 1. The third-order valence-electron chi connectivity index (χ3n) is 7.93. The number of hydrogen-bond donors (Lipinski definition) is 1. The summed E-state index contributed by atoms with van der Waals surface area (Å²) in [5.74, 6) is 1.05. The molecular weight excluding hydrogens is 404 g/mol. The minimum absolute atomic E-state index is 0.0724. The van der Waals surface area contributed by atoms with E-state index in [1.165, 1.54) is 72.5 Å². The first-order valence-electron chi connectivity index (χ1n) is 13.1. The van der Waals surface area contributed by atoms with Gasteiger partial charge in [-0.25, -0.2) is 0 Å². The Morgan fingerprint density at radius 2 is 1.73 bits per heavy atom. The zero-order chi connectivity index (χ0) is 22.6. The van der Waals surface area contributed by atoms with Gasteiger partial charge in [0.05, 0.1) is 0 Å². The molecule has 2 aliphatic rings. The summed E-state index contributed by atoms with van der Waals surface area (Å²) in [6.45, 7) is 3.24. The maximum Gasteiger partial charge on any atom is 0.221 e.